The van der Waals surface area contributed by atoms with Crippen LogP contribution in [0.5, 0.6) is 0 Å². The normalized spacial score (nSPS) is 15.4. The van der Waals surface area contributed by atoms with E-state index >= 15 is 0 Å². The van der Waals surface area contributed by atoms with Gasteiger partial charge in [-0.25, -0.2) is 8.78 Å². The van der Waals surface area contributed by atoms with E-state index in [2.05, 4.69) is 5.16 Å². The highest BCUT2D eigenvalue weighted by Gasteiger charge is 2.28. The molecule has 0 saturated heterocycles. The third kappa shape index (κ3) is 4.54. The fourth-order valence-electron chi connectivity index (χ4n) is 3.45. The Balaban J connectivity index is 1.53. The molecule has 0 aliphatic carbocycles. The van der Waals surface area contributed by atoms with Crippen LogP contribution in [0, 0.1) is 11.6 Å². The van der Waals surface area contributed by atoms with Crippen LogP contribution in [0.1, 0.15) is 27.9 Å². The lowest BCUT2D eigenvalue weighted by molar-refractivity contribution is 0.0402. The Morgan fingerprint density at radius 3 is 2.53 bits per heavy atom. The molecule has 0 saturated carbocycles. The number of hydrogen-bond acceptors (Lipinski definition) is 3. The monoisotopic (exact) mass is 406 g/mol. The van der Waals surface area contributed by atoms with Crippen molar-refractivity contribution < 1.29 is 18.4 Å². The van der Waals surface area contributed by atoms with Gasteiger partial charge < -0.3 is 9.74 Å². The predicted molar refractivity (Wildman–Crippen MR) is 110 cm³/mol. The first-order valence-corrected chi connectivity index (χ1v) is 9.66. The highest BCUT2D eigenvalue weighted by molar-refractivity contribution is 6.01. The molecule has 0 fully saturated rings. The molecule has 1 aliphatic rings. The van der Waals surface area contributed by atoms with Gasteiger partial charge in [0, 0.05) is 13.0 Å². The van der Waals surface area contributed by atoms with Crippen molar-refractivity contribution >= 4 is 11.6 Å². The summed E-state index contributed by atoms with van der Waals surface area (Å²) in [5, 5.41) is 4.16. The Kier molecular flexibility index (Phi) is 5.84. The molecule has 0 aromatic heterocycles. The van der Waals surface area contributed by atoms with Gasteiger partial charge in [0.25, 0.3) is 5.91 Å². The average Bonchev–Trinajstić information content (AvgIpc) is 3.22. The molecule has 6 heteroatoms. The molecule has 1 heterocycles. The first kappa shape index (κ1) is 19.8. The van der Waals surface area contributed by atoms with Crippen molar-refractivity contribution in [2.24, 2.45) is 5.16 Å². The number of carbonyl (C=O) groups excluding carboxylic acids is 1. The van der Waals surface area contributed by atoms with Crippen LogP contribution in [-0.2, 0) is 11.4 Å². The highest BCUT2D eigenvalue weighted by atomic mass is 19.1. The molecule has 0 unspecified atom stereocenters. The second kappa shape index (κ2) is 8.86. The standard InChI is InChI=1S/C24H20F2N2O2/c25-19-10-6-7-17(13-19)15-28(24(29)21-11-4-5-12-22(21)26)16-20-14-23(27-30-20)18-8-2-1-3-9-18/h1-13,20H,14-16H2/t20-/m1/s1. The van der Waals surface area contributed by atoms with Crippen LogP contribution in [0.4, 0.5) is 8.78 Å². The number of oxime groups is 1. The fourth-order valence-corrected chi connectivity index (χ4v) is 3.45. The molecular weight excluding hydrogens is 386 g/mol. The van der Waals surface area contributed by atoms with E-state index < -0.39 is 17.5 Å². The maximum Gasteiger partial charge on any atom is 0.257 e. The molecule has 0 N–H and O–H groups in total. The molecule has 1 atom stereocenters. The van der Waals surface area contributed by atoms with E-state index in [1.807, 2.05) is 30.3 Å². The van der Waals surface area contributed by atoms with Crippen LogP contribution in [0.25, 0.3) is 0 Å². The summed E-state index contributed by atoms with van der Waals surface area (Å²) >= 11 is 0. The third-order valence-corrected chi connectivity index (χ3v) is 4.92. The summed E-state index contributed by atoms with van der Waals surface area (Å²) in [7, 11) is 0. The van der Waals surface area contributed by atoms with E-state index in [-0.39, 0.29) is 24.8 Å². The summed E-state index contributed by atoms with van der Waals surface area (Å²) in [4.78, 5) is 20.1. The predicted octanol–water partition coefficient (Wildman–Crippen LogP) is 4.80. The third-order valence-electron chi connectivity index (χ3n) is 4.92. The molecule has 3 aromatic rings. The lowest BCUT2D eigenvalue weighted by atomic mass is 10.0. The first-order chi connectivity index (χ1) is 14.6. The molecule has 1 amide bonds. The minimum atomic E-state index is -0.597. The number of hydrogen-bond donors (Lipinski definition) is 0. The zero-order valence-corrected chi connectivity index (χ0v) is 16.2. The van der Waals surface area contributed by atoms with Crippen LogP contribution in [0.2, 0.25) is 0 Å². The molecule has 4 rings (SSSR count). The van der Waals surface area contributed by atoms with E-state index in [1.54, 1.807) is 18.2 Å². The topological polar surface area (TPSA) is 41.9 Å². The molecule has 0 spiro atoms. The zero-order valence-electron chi connectivity index (χ0n) is 16.2. The van der Waals surface area contributed by atoms with Crippen LogP contribution in [0.3, 0.4) is 0 Å². The van der Waals surface area contributed by atoms with Crippen molar-refractivity contribution in [2.45, 2.75) is 19.1 Å². The quantitative estimate of drug-likeness (QED) is 0.590. The molecule has 0 bridgehead atoms. The summed E-state index contributed by atoms with van der Waals surface area (Å²) in [6.07, 6.45) is 0.151. The number of amides is 1. The summed E-state index contributed by atoms with van der Waals surface area (Å²) < 4.78 is 27.9. The van der Waals surface area contributed by atoms with Gasteiger partial charge in [-0.1, -0.05) is 59.8 Å². The molecule has 3 aromatic carbocycles. The largest absolute Gasteiger partial charge is 0.390 e. The molecule has 1 aliphatic heterocycles. The Labute approximate surface area is 173 Å². The Hall–Kier alpha value is -3.54. The smallest absolute Gasteiger partial charge is 0.257 e. The lowest BCUT2D eigenvalue weighted by Crippen LogP contribution is -2.37. The number of halogens is 2. The molecule has 30 heavy (non-hydrogen) atoms. The Bertz CT molecular complexity index is 1070. The lowest BCUT2D eigenvalue weighted by Gasteiger charge is -2.25. The van der Waals surface area contributed by atoms with Gasteiger partial charge in [0.2, 0.25) is 0 Å². The van der Waals surface area contributed by atoms with E-state index in [1.165, 1.54) is 35.2 Å². The van der Waals surface area contributed by atoms with Crippen LogP contribution >= 0.6 is 0 Å². The van der Waals surface area contributed by atoms with Crippen molar-refractivity contribution in [2.75, 3.05) is 6.54 Å². The Morgan fingerprint density at radius 2 is 1.77 bits per heavy atom. The molecule has 4 nitrogen and oxygen atoms in total. The molecule has 152 valence electrons. The Morgan fingerprint density at radius 1 is 1.00 bits per heavy atom. The van der Waals surface area contributed by atoms with Crippen molar-refractivity contribution in [1.29, 1.82) is 0 Å². The van der Waals surface area contributed by atoms with Gasteiger partial charge in [0.05, 0.1) is 17.8 Å². The van der Waals surface area contributed by atoms with Crippen molar-refractivity contribution in [3.63, 3.8) is 0 Å². The summed E-state index contributed by atoms with van der Waals surface area (Å²) in [6.45, 7) is 0.328. The van der Waals surface area contributed by atoms with Gasteiger partial charge >= 0.3 is 0 Å². The SMILES string of the molecule is O=C(c1ccccc1F)N(Cc1cccc(F)c1)C[C@H]1CC(c2ccccc2)=NO1. The first-order valence-electron chi connectivity index (χ1n) is 9.66. The highest BCUT2D eigenvalue weighted by Crippen LogP contribution is 2.21. The van der Waals surface area contributed by atoms with E-state index in [0.717, 1.165) is 11.3 Å². The second-order valence-electron chi connectivity index (χ2n) is 7.13. The van der Waals surface area contributed by atoms with Crippen LogP contribution in [-0.4, -0.2) is 29.2 Å². The summed E-state index contributed by atoms with van der Waals surface area (Å²) in [6, 6.07) is 21.5. The minimum absolute atomic E-state index is 0.0314. The van der Waals surface area contributed by atoms with Crippen molar-refractivity contribution in [3.8, 4) is 0 Å². The minimum Gasteiger partial charge on any atom is -0.390 e. The van der Waals surface area contributed by atoms with Crippen LogP contribution < -0.4 is 0 Å². The number of benzene rings is 3. The molecular formula is C24H20F2N2O2. The number of carbonyl (C=O) groups is 1. The zero-order chi connectivity index (χ0) is 20.9. The second-order valence-corrected chi connectivity index (χ2v) is 7.13. The number of rotatable bonds is 6. The maximum atomic E-state index is 14.2. The van der Waals surface area contributed by atoms with E-state index in [4.69, 9.17) is 4.84 Å². The van der Waals surface area contributed by atoms with Gasteiger partial charge in [-0.15, -0.1) is 0 Å². The average molecular weight is 406 g/mol. The summed E-state index contributed by atoms with van der Waals surface area (Å²) in [5.41, 5.74) is 2.33. The van der Waals surface area contributed by atoms with Crippen molar-refractivity contribution in [3.05, 3.63) is 107 Å². The van der Waals surface area contributed by atoms with Gasteiger partial charge in [0.15, 0.2) is 6.10 Å². The van der Waals surface area contributed by atoms with Gasteiger partial charge in [-0.2, -0.15) is 0 Å². The summed E-state index contributed by atoms with van der Waals surface area (Å²) in [5.74, 6) is -1.47. The van der Waals surface area contributed by atoms with Crippen molar-refractivity contribution in [1.82, 2.24) is 4.90 Å². The van der Waals surface area contributed by atoms with Crippen LogP contribution in [0.15, 0.2) is 84.0 Å². The van der Waals surface area contributed by atoms with E-state index in [0.29, 0.717) is 12.0 Å². The van der Waals surface area contributed by atoms with E-state index in [9.17, 15) is 13.6 Å². The van der Waals surface area contributed by atoms with Gasteiger partial charge in [-0.05, 0) is 35.4 Å². The fraction of sp³-hybridized carbons (Fsp3) is 0.167. The number of nitrogens with zero attached hydrogens (tertiary/aromatic N) is 2. The van der Waals surface area contributed by atoms with Gasteiger partial charge in [-0.3, -0.25) is 4.79 Å². The maximum absolute atomic E-state index is 14.2. The molecule has 0 radical (unpaired) electrons. The van der Waals surface area contributed by atoms with Gasteiger partial charge in [0.1, 0.15) is 11.6 Å².